The van der Waals surface area contributed by atoms with Crippen molar-refractivity contribution in [3.8, 4) is 0 Å². The number of aromatic nitrogens is 1. The zero-order chi connectivity index (χ0) is 13.1. The summed E-state index contributed by atoms with van der Waals surface area (Å²) in [6.45, 7) is 0.0188. The first kappa shape index (κ1) is 13.0. The lowest BCUT2D eigenvalue weighted by Gasteiger charge is -2.08. The van der Waals surface area contributed by atoms with Crippen LogP contribution < -0.4 is 5.56 Å². The molecule has 0 aliphatic rings. The largest absolute Gasteiger partial charge is 0.311 e. The molecule has 0 bridgehead atoms. The lowest BCUT2D eigenvalue weighted by molar-refractivity contribution is 0.568. The molecule has 0 atom stereocenters. The second-order valence-electron chi connectivity index (χ2n) is 3.84. The minimum absolute atomic E-state index is 0.0188. The van der Waals surface area contributed by atoms with Gasteiger partial charge in [0.1, 0.15) is 11.6 Å². The van der Waals surface area contributed by atoms with Crippen LogP contribution in [0.4, 0.5) is 8.78 Å². The van der Waals surface area contributed by atoms with Crippen LogP contribution in [0.3, 0.4) is 0 Å². The summed E-state index contributed by atoms with van der Waals surface area (Å²) in [4.78, 5) is 11.5. The first-order valence-electron chi connectivity index (χ1n) is 5.30. The number of rotatable bonds is 3. The first-order valence-corrected chi connectivity index (χ1v) is 6.42. The standard InChI is InChI=1S/C13H10BrF2NO/c14-7-9-5-12(16)10(6-11(9)15)8-17-4-2-1-3-13(17)18/h1-6H,7-8H2. The van der Waals surface area contributed by atoms with E-state index in [1.165, 1.54) is 16.8 Å². The van der Waals surface area contributed by atoms with E-state index in [9.17, 15) is 13.6 Å². The molecular weight excluding hydrogens is 304 g/mol. The molecule has 0 radical (unpaired) electrons. The molecule has 5 heteroatoms. The van der Waals surface area contributed by atoms with Gasteiger partial charge >= 0.3 is 0 Å². The van der Waals surface area contributed by atoms with Crippen LogP contribution in [0.15, 0.2) is 41.3 Å². The molecule has 0 aliphatic carbocycles. The highest BCUT2D eigenvalue weighted by molar-refractivity contribution is 9.08. The molecule has 0 aliphatic heterocycles. The van der Waals surface area contributed by atoms with Crippen molar-refractivity contribution in [3.63, 3.8) is 0 Å². The van der Waals surface area contributed by atoms with Crippen molar-refractivity contribution in [2.45, 2.75) is 11.9 Å². The van der Waals surface area contributed by atoms with E-state index < -0.39 is 11.6 Å². The number of nitrogens with zero attached hydrogens (tertiary/aromatic N) is 1. The van der Waals surface area contributed by atoms with Gasteiger partial charge in [0, 0.05) is 28.7 Å². The predicted octanol–water partition coefficient (Wildman–Crippen LogP) is 3.07. The van der Waals surface area contributed by atoms with E-state index in [-0.39, 0.29) is 28.6 Å². The normalized spacial score (nSPS) is 10.6. The molecule has 1 aromatic heterocycles. The molecular formula is C13H10BrF2NO. The fraction of sp³-hybridized carbons (Fsp3) is 0.154. The van der Waals surface area contributed by atoms with Crippen LogP contribution in [0.1, 0.15) is 11.1 Å². The van der Waals surface area contributed by atoms with E-state index in [4.69, 9.17) is 0 Å². The maximum atomic E-state index is 13.7. The monoisotopic (exact) mass is 313 g/mol. The predicted molar refractivity (Wildman–Crippen MR) is 68.8 cm³/mol. The molecule has 0 spiro atoms. The van der Waals surface area contributed by atoms with Crippen LogP contribution in [-0.2, 0) is 11.9 Å². The van der Waals surface area contributed by atoms with Crippen LogP contribution in [0.2, 0.25) is 0 Å². The summed E-state index contributed by atoms with van der Waals surface area (Å²) in [5, 5.41) is 0.251. The van der Waals surface area contributed by atoms with E-state index in [2.05, 4.69) is 15.9 Å². The Balaban J connectivity index is 2.39. The Morgan fingerprint density at radius 3 is 2.44 bits per heavy atom. The summed E-state index contributed by atoms with van der Waals surface area (Å²) in [5.74, 6) is -0.992. The van der Waals surface area contributed by atoms with Gasteiger partial charge < -0.3 is 4.57 Å². The molecule has 0 unspecified atom stereocenters. The molecule has 2 rings (SSSR count). The Hall–Kier alpha value is -1.49. The second kappa shape index (κ2) is 5.44. The fourth-order valence-corrected chi connectivity index (χ4v) is 2.06. The lowest BCUT2D eigenvalue weighted by Crippen LogP contribution is -2.19. The van der Waals surface area contributed by atoms with Crippen molar-refractivity contribution in [1.29, 1.82) is 0 Å². The molecule has 0 fully saturated rings. The molecule has 0 saturated heterocycles. The Kier molecular flexibility index (Phi) is 3.91. The molecule has 0 saturated carbocycles. The van der Waals surface area contributed by atoms with Crippen LogP contribution in [0.25, 0.3) is 0 Å². The molecule has 18 heavy (non-hydrogen) atoms. The third-order valence-corrected chi connectivity index (χ3v) is 3.20. The fourth-order valence-electron chi connectivity index (χ4n) is 1.63. The zero-order valence-electron chi connectivity index (χ0n) is 9.37. The van der Waals surface area contributed by atoms with Crippen LogP contribution >= 0.6 is 15.9 Å². The maximum absolute atomic E-state index is 13.7. The summed E-state index contributed by atoms with van der Waals surface area (Å²) in [7, 11) is 0. The van der Waals surface area contributed by atoms with Gasteiger partial charge in [0.2, 0.25) is 0 Å². The summed E-state index contributed by atoms with van der Waals surface area (Å²) < 4.78 is 28.6. The van der Waals surface area contributed by atoms with Crippen molar-refractivity contribution >= 4 is 15.9 Å². The van der Waals surface area contributed by atoms with Gasteiger partial charge in [0.15, 0.2) is 0 Å². The molecule has 0 amide bonds. The van der Waals surface area contributed by atoms with Crippen molar-refractivity contribution in [2.75, 3.05) is 0 Å². The average molecular weight is 314 g/mol. The summed E-state index contributed by atoms with van der Waals surface area (Å²) in [6.07, 6.45) is 1.54. The van der Waals surface area contributed by atoms with E-state index in [0.29, 0.717) is 0 Å². The number of benzene rings is 1. The van der Waals surface area contributed by atoms with E-state index in [1.807, 2.05) is 0 Å². The highest BCUT2D eigenvalue weighted by atomic mass is 79.9. The average Bonchev–Trinajstić information content (AvgIpc) is 2.36. The van der Waals surface area contributed by atoms with Crippen molar-refractivity contribution < 1.29 is 8.78 Å². The van der Waals surface area contributed by atoms with Crippen molar-refractivity contribution in [3.05, 3.63) is 69.6 Å². The van der Waals surface area contributed by atoms with Crippen LogP contribution in [0.5, 0.6) is 0 Å². The van der Waals surface area contributed by atoms with E-state index in [0.717, 1.165) is 12.1 Å². The minimum atomic E-state index is -0.512. The Morgan fingerprint density at radius 1 is 1.11 bits per heavy atom. The molecule has 94 valence electrons. The van der Waals surface area contributed by atoms with Crippen molar-refractivity contribution in [2.24, 2.45) is 0 Å². The van der Waals surface area contributed by atoms with Gasteiger partial charge in [0.05, 0.1) is 6.54 Å². The zero-order valence-corrected chi connectivity index (χ0v) is 11.0. The highest BCUT2D eigenvalue weighted by Crippen LogP contribution is 2.17. The van der Waals surface area contributed by atoms with Gasteiger partial charge in [-0.2, -0.15) is 0 Å². The number of alkyl halides is 1. The second-order valence-corrected chi connectivity index (χ2v) is 4.40. The van der Waals surface area contributed by atoms with Crippen LogP contribution in [-0.4, -0.2) is 4.57 Å². The number of halogens is 3. The van der Waals surface area contributed by atoms with E-state index >= 15 is 0 Å². The lowest BCUT2D eigenvalue weighted by atomic mass is 10.1. The van der Waals surface area contributed by atoms with Crippen LogP contribution in [0, 0.1) is 11.6 Å². The highest BCUT2D eigenvalue weighted by Gasteiger charge is 2.10. The Bertz CT molecular complexity index is 625. The molecule has 1 aromatic carbocycles. The maximum Gasteiger partial charge on any atom is 0.250 e. The van der Waals surface area contributed by atoms with Crippen molar-refractivity contribution in [1.82, 2.24) is 4.57 Å². The Labute approximate surface area is 111 Å². The SMILES string of the molecule is O=c1ccccn1Cc1cc(F)c(CBr)cc1F. The molecule has 0 N–H and O–H groups in total. The number of hydrogen-bond donors (Lipinski definition) is 0. The third-order valence-electron chi connectivity index (χ3n) is 2.60. The molecule has 1 heterocycles. The smallest absolute Gasteiger partial charge is 0.250 e. The molecule has 2 aromatic rings. The Morgan fingerprint density at radius 2 is 1.78 bits per heavy atom. The van der Waals surface area contributed by atoms with Gasteiger partial charge in [-0.25, -0.2) is 8.78 Å². The molecule has 2 nitrogen and oxygen atoms in total. The number of pyridine rings is 1. The first-order chi connectivity index (χ1) is 8.61. The van der Waals surface area contributed by atoms with Gasteiger partial charge in [-0.3, -0.25) is 4.79 Å². The van der Waals surface area contributed by atoms with Gasteiger partial charge in [-0.1, -0.05) is 22.0 Å². The summed E-state index contributed by atoms with van der Waals surface area (Å²) >= 11 is 3.08. The van der Waals surface area contributed by atoms with Gasteiger partial charge in [-0.05, 0) is 18.2 Å². The number of hydrogen-bond acceptors (Lipinski definition) is 1. The summed E-state index contributed by atoms with van der Waals surface area (Å²) in [6, 6.07) is 6.92. The van der Waals surface area contributed by atoms with Gasteiger partial charge in [-0.15, -0.1) is 0 Å². The van der Waals surface area contributed by atoms with E-state index in [1.54, 1.807) is 12.1 Å². The topological polar surface area (TPSA) is 22.0 Å². The quantitative estimate of drug-likeness (QED) is 0.798. The van der Waals surface area contributed by atoms with Gasteiger partial charge in [0.25, 0.3) is 5.56 Å². The third kappa shape index (κ3) is 2.67. The summed E-state index contributed by atoms with van der Waals surface area (Å²) in [5.41, 5.74) is 0.170. The minimum Gasteiger partial charge on any atom is -0.311 e.